The lowest BCUT2D eigenvalue weighted by Gasteiger charge is -2.44. The molecule has 118 valence electrons. The highest BCUT2D eigenvalue weighted by atomic mass is 16.5. The molecule has 21 heavy (non-hydrogen) atoms. The molecule has 1 aromatic rings. The van der Waals surface area contributed by atoms with E-state index in [1.54, 1.807) is 7.11 Å². The molecule has 1 aromatic carbocycles. The van der Waals surface area contributed by atoms with Crippen LogP contribution >= 0.6 is 0 Å². The van der Waals surface area contributed by atoms with E-state index in [1.807, 2.05) is 19.9 Å². The summed E-state index contributed by atoms with van der Waals surface area (Å²) >= 11 is 0. The third-order valence-corrected chi connectivity index (χ3v) is 4.48. The second-order valence-corrected chi connectivity index (χ2v) is 6.35. The van der Waals surface area contributed by atoms with Gasteiger partial charge < -0.3 is 14.6 Å². The number of aryl methyl sites for hydroxylation is 2. The Kier molecular flexibility index (Phi) is 4.91. The largest absolute Gasteiger partial charge is 0.496 e. The zero-order chi connectivity index (χ0) is 15.6. The zero-order valence-electron chi connectivity index (χ0n) is 13.8. The fraction of sp³-hybridized carbons (Fsp3) is 0.647. The molecular formula is C17H27NO3. The van der Waals surface area contributed by atoms with Crippen molar-refractivity contribution in [1.29, 1.82) is 0 Å². The molecule has 0 spiro atoms. The molecule has 0 bridgehead atoms. The molecule has 1 unspecified atom stereocenters. The van der Waals surface area contributed by atoms with Crippen LogP contribution < -0.4 is 4.74 Å². The van der Waals surface area contributed by atoms with Crippen LogP contribution in [-0.4, -0.2) is 49.0 Å². The summed E-state index contributed by atoms with van der Waals surface area (Å²) in [6.07, 6.45) is -0.605. The lowest BCUT2D eigenvalue weighted by Crippen LogP contribution is -2.53. The molecule has 1 N–H and O–H groups in total. The van der Waals surface area contributed by atoms with Gasteiger partial charge in [0.1, 0.15) is 11.9 Å². The van der Waals surface area contributed by atoms with Crippen LogP contribution in [0.1, 0.15) is 36.6 Å². The second kappa shape index (κ2) is 6.34. The summed E-state index contributed by atoms with van der Waals surface area (Å²) in [5.41, 5.74) is 2.74. The summed E-state index contributed by atoms with van der Waals surface area (Å²) in [7, 11) is 1.66. The third-order valence-electron chi connectivity index (χ3n) is 4.48. The fourth-order valence-corrected chi connectivity index (χ4v) is 3.12. The van der Waals surface area contributed by atoms with Gasteiger partial charge in [0.05, 0.1) is 20.3 Å². The van der Waals surface area contributed by atoms with Gasteiger partial charge in [-0.15, -0.1) is 0 Å². The first-order valence-corrected chi connectivity index (χ1v) is 7.54. The van der Waals surface area contributed by atoms with Crippen molar-refractivity contribution >= 4 is 0 Å². The van der Waals surface area contributed by atoms with Gasteiger partial charge in [-0.05, 0) is 44.9 Å². The number of ether oxygens (including phenoxy) is 2. The Morgan fingerprint density at radius 2 is 1.86 bits per heavy atom. The van der Waals surface area contributed by atoms with Crippen LogP contribution in [0.25, 0.3) is 0 Å². The molecule has 0 aromatic heterocycles. The van der Waals surface area contributed by atoms with Crippen LogP contribution in [0.3, 0.4) is 0 Å². The predicted molar refractivity (Wildman–Crippen MR) is 83.9 cm³/mol. The van der Waals surface area contributed by atoms with Crippen molar-refractivity contribution in [3.63, 3.8) is 0 Å². The highest BCUT2D eigenvalue weighted by molar-refractivity contribution is 5.45. The molecule has 2 rings (SSSR count). The number of hydrogen-bond donors (Lipinski definition) is 1. The van der Waals surface area contributed by atoms with Gasteiger partial charge in [-0.3, -0.25) is 4.90 Å². The number of benzene rings is 1. The van der Waals surface area contributed by atoms with Gasteiger partial charge in [0.15, 0.2) is 0 Å². The first-order chi connectivity index (χ1) is 9.87. The van der Waals surface area contributed by atoms with E-state index in [9.17, 15) is 5.11 Å². The van der Waals surface area contributed by atoms with Gasteiger partial charge in [-0.1, -0.05) is 6.07 Å². The van der Waals surface area contributed by atoms with E-state index in [1.165, 1.54) is 0 Å². The Morgan fingerprint density at radius 3 is 2.43 bits per heavy atom. The van der Waals surface area contributed by atoms with Crippen LogP contribution in [0.4, 0.5) is 0 Å². The van der Waals surface area contributed by atoms with Crippen molar-refractivity contribution in [2.45, 2.75) is 39.3 Å². The third kappa shape index (κ3) is 3.23. The molecule has 1 atom stereocenters. The standard InChI is InChI=1S/C17H27NO3/c1-12-10-13(2)15(14(11-12)20-5)16(19)17(3,4)18-6-8-21-9-7-18/h10-11,16,19H,6-9H2,1-5H3. The first kappa shape index (κ1) is 16.3. The molecule has 0 aliphatic carbocycles. The van der Waals surface area contributed by atoms with Gasteiger partial charge >= 0.3 is 0 Å². The quantitative estimate of drug-likeness (QED) is 0.926. The van der Waals surface area contributed by atoms with Crippen LogP contribution in [0, 0.1) is 13.8 Å². The van der Waals surface area contributed by atoms with Crippen molar-refractivity contribution in [3.8, 4) is 5.75 Å². The topological polar surface area (TPSA) is 41.9 Å². The summed E-state index contributed by atoms with van der Waals surface area (Å²) < 4.78 is 10.9. The molecule has 1 heterocycles. The highest BCUT2D eigenvalue weighted by Crippen LogP contribution is 2.38. The van der Waals surface area contributed by atoms with Gasteiger partial charge in [0, 0.05) is 24.2 Å². The number of rotatable bonds is 4. The predicted octanol–water partition coefficient (Wildman–Crippen LogP) is 2.46. The summed E-state index contributed by atoms with van der Waals surface area (Å²) in [4.78, 5) is 2.29. The Bertz CT molecular complexity index is 493. The van der Waals surface area contributed by atoms with Crippen LogP contribution in [-0.2, 0) is 4.74 Å². The molecule has 0 saturated carbocycles. The Balaban J connectivity index is 2.36. The van der Waals surface area contributed by atoms with Gasteiger partial charge in [-0.2, -0.15) is 0 Å². The van der Waals surface area contributed by atoms with Crippen LogP contribution in [0.2, 0.25) is 0 Å². The second-order valence-electron chi connectivity index (χ2n) is 6.35. The fourth-order valence-electron chi connectivity index (χ4n) is 3.12. The molecular weight excluding hydrogens is 266 g/mol. The monoisotopic (exact) mass is 293 g/mol. The number of hydrogen-bond acceptors (Lipinski definition) is 4. The maximum atomic E-state index is 11.0. The number of morpholine rings is 1. The number of aliphatic hydroxyl groups excluding tert-OH is 1. The number of nitrogens with zero attached hydrogens (tertiary/aromatic N) is 1. The minimum absolute atomic E-state index is 0.364. The van der Waals surface area contributed by atoms with Crippen molar-refractivity contribution in [2.75, 3.05) is 33.4 Å². The summed E-state index contributed by atoms with van der Waals surface area (Å²) in [6, 6.07) is 4.08. The van der Waals surface area contributed by atoms with E-state index in [4.69, 9.17) is 9.47 Å². The zero-order valence-corrected chi connectivity index (χ0v) is 13.8. The van der Waals surface area contributed by atoms with Gasteiger partial charge in [0.25, 0.3) is 0 Å². The molecule has 1 saturated heterocycles. The maximum absolute atomic E-state index is 11.0. The van der Waals surface area contributed by atoms with Crippen LogP contribution in [0.5, 0.6) is 5.75 Å². The van der Waals surface area contributed by atoms with Crippen molar-refractivity contribution < 1.29 is 14.6 Å². The van der Waals surface area contributed by atoms with E-state index in [0.717, 1.165) is 48.7 Å². The molecule has 0 amide bonds. The molecule has 0 radical (unpaired) electrons. The first-order valence-electron chi connectivity index (χ1n) is 7.54. The SMILES string of the molecule is COc1cc(C)cc(C)c1C(O)C(C)(C)N1CCOCC1. The Morgan fingerprint density at radius 1 is 1.24 bits per heavy atom. The molecule has 4 nitrogen and oxygen atoms in total. The van der Waals surface area contributed by atoms with Crippen molar-refractivity contribution in [1.82, 2.24) is 4.90 Å². The van der Waals surface area contributed by atoms with Crippen molar-refractivity contribution in [2.24, 2.45) is 0 Å². The summed E-state index contributed by atoms with van der Waals surface area (Å²) in [5.74, 6) is 0.765. The molecule has 4 heteroatoms. The smallest absolute Gasteiger partial charge is 0.125 e. The highest BCUT2D eigenvalue weighted by Gasteiger charge is 2.38. The lowest BCUT2D eigenvalue weighted by atomic mass is 9.86. The van der Waals surface area contributed by atoms with Gasteiger partial charge in [-0.25, -0.2) is 0 Å². The van der Waals surface area contributed by atoms with E-state index in [0.29, 0.717) is 0 Å². The minimum Gasteiger partial charge on any atom is -0.496 e. The average Bonchev–Trinajstić information content (AvgIpc) is 2.46. The Labute approximate surface area is 127 Å². The molecule has 1 aliphatic rings. The van der Waals surface area contributed by atoms with E-state index in [2.05, 4.69) is 24.8 Å². The lowest BCUT2D eigenvalue weighted by molar-refractivity contribution is -0.0637. The van der Waals surface area contributed by atoms with Crippen molar-refractivity contribution in [3.05, 3.63) is 28.8 Å². The molecule has 1 fully saturated rings. The normalized spacial score (nSPS) is 18.6. The Hall–Kier alpha value is -1.10. The van der Waals surface area contributed by atoms with E-state index < -0.39 is 6.10 Å². The minimum atomic E-state index is -0.605. The summed E-state index contributed by atoms with van der Waals surface area (Å²) in [5, 5.41) is 11.0. The molecule has 1 aliphatic heterocycles. The van der Waals surface area contributed by atoms with Gasteiger partial charge in [0.2, 0.25) is 0 Å². The summed E-state index contributed by atoms with van der Waals surface area (Å²) in [6.45, 7) is 11.4. The number of methoxy groups -OCH3 is 1. The average molecular weight is 293 g/mol. The number of aliphatic hydroxyl groups is 1. The maximum Gasteiger partial charge on any atom is 0.125 e. The van der Waals surface area contributed by atoms with E-state index in [-0.39, 0.29) is 5.54 Å². The van der Waals surface area contributed by atoms with E-state index >= 15 is 0 Å². The van der Waals surface area contributed by atoms with Crippen LogP contribution in [0.15, 0.2) is 12.1 Å².